The summed E-state index contributed by atoms with van der Waals surface area (Å²) in [5, 5.41) is 17.4. The van der Waals surface area contributed by atoms with Gasteiger partial charge in [-0.2, -0.15) is 10.1 Å². The predicted octanol–water partition coefficient (Wildman–Crippen LogP) is 6.72. The number of carboxylic acids is 1. The number of aromatic nitrogens is 4. The summed E-state index contributed by atoms with van der Waals surface area (Å²) in [5.74, 6) is -1.23. The molecular formula is C34H40Cl2N6O5S. The summed E-state index contributed by atoms with van der Waals surface area (Å²) in [7, 11) is -4.23. The molecule has 0 spiro atoms. The van der Waals surface area contributed by atoms with Crippen molar-refractivity contribution in [2.24, 2.45) is 5.41 Å². The van der Waals surface area contributed by atoms with Gasteiger partial charge < -0.3 is 15.2 Å². The molecule has 0 saturated heterocycles. The van der Waals surface area contributed by atoms with Gasteiger partial charge in [-0.25, -0.2) is 27.4 Å². The Hall–Kier alpha value is -4.23. The Kier molecular flexibility index (Phi) is 12.6. The van der Waals surface area contributed by atoms with Gasteiger partial charge in [-0.05, 0) is 67.1 Å². The van der Waals surface area contributed by atoms with Gasteiger partial charge in [0.15, 0.2) is 0 Å². The number of anilines is 1. The van der Waals surface area contributed by atoms with E-state index in [-0.39, 0.29) is 65.2 Å². The molecule has 0 amide bonds. The van der Waals surface area contributed by atoms with Gasteiger partial charge in [0.05, 0.1) is 27.9 Å². The molecule has 0 aliphatic carbocycles. The van der Waals surface area contributed by atoms with Crippen LogP contribution < -0.4 is 14.8 Å². The van der Waals surface area contributed by atoms with Gasteiger partial charge in [0.25, 0.3) is 10.0 Å². The van der Waals surface area contributed by atoms with Crippen molar-refractivity contribution in [1.29, 1.82) is 0 Å². The van der Waals surface area contributed by atoms with Gasteiger partial charge in [0.2, 0.25) is 11.8 Å². The maximum Gasteiger partial charge on any atom is 0.335 e. The second kappa shape index (κ2) is 15.8. The zero-order chi connectivity index (χ0) is 33.1. The number of ether oxygens (including phenoxy) is 1. The number of aryl methyl sites for hydroxylation is 2. The monoisotopic (exact) mass is 714 g/mol. The van der Waals surface area contributed by atoms with E-state index in [1.807, 2.05) is 67.2 Å². The Morgan fingerprint density at radius 3 is 2.38 bits per heavy atom. The lowest BCUT2D eigenvalue weighted by atomic mass is 9.88. The zero-order valence-corrected chi connectivity index (χ0v) is 29.7. The fourth-order valence-corrected chi connectivity index (χ4v) is 6.35. The quantitative estimate of drug-likeness (QED) is 0.128. The molecular weight excluding hydrogens is 675 g/mol. The molecule has 3 heterocycles. The summed E-state index contributed by atoms with van der Waals surface area (Å²) < 4.78 is 37.2. The molecule has 0 radical (unpaired) electrons. The fourth-order valence-electron chi connectivity index (χ4n) is 5.36. The third kappa shape index (κ3) is 9.44. The standard InChI is InChI=1S/C34H38N6O5S.2ClH/c1-22-10-8-11-23(2)31(22)28-17-30(38-33(37-28)39-46(43,44)27-13-9-12-24(16-27)32(41)42)45-21-26(18-34(3,4)5)35-19-25-20-36-40-15-7-6-14-29(25)40;;/h6-17,20,26,35H,18-19,21H2,1-5H3,(H,41,42)(H,37,38,39);2*1H/t26-;;/m1../s1. The predicted molar refractivity (Wildman–Crippen MR) is 191 cm³/mol. The van der Waals surface area contributed by atoms with Crippen LogP contribution in [0.4, 0.5) is 5.95 Å². The lowest BCUT2D eigenvalue weighted by Gasteiger charge is -2.27. The normalized spacial score (nSPS) is 12.1. The number of benzene rings is 2. The third-order valence-corrected chi connectivity index (χ3v) is 8.76. The molecule has 0 saturated carbocycles. The highest BCUT2D eigenvalue weighted by Crippen LogP contribution is 2.30. The number of halogens is 2. The lowest BCUT2D eigenvalue weighted by Crippen LogP contribution is -2.37. The van der Waals surface area contributed by atoms with Crippen molar-refractivity contribution in [3.63, 3.8) is 0 Å². The highest BCUT2D eigenvalue weighted by Gasteiger charge is 2.23. The van der Waals surface area contributed by atoms with Crippen molar-refractivity contribution in [1.82, 2.24) is 24.9 Å². The van der Waals surface area contributed by atoms with Crippen LogP contribution in [0.2, 0.25) is 0 Å². The second-order valence-electron chi connectivity index (χ2n) is 12.5. The number of carbonyl (C=O) groups is 1. The first kappa shape index (κ1) is 38.2. The number of nitrogens with one attached hydrogen (secondary N) is 2. The second-order valence-corrected chi connectivity index (χ2v) is 14.2. The van der Waals surface area contributed by atoms with Gasteiger partial charge >= 0.3 is 5.97 Å². The molecule has 2 aromatic carbocycles. The Balaban J connectivity index is 0.00000312. The summed E-state index contributed by atoms with van der Waals surface area (Å²) in [5.41, 5.74) is 5.14. The van der Waals surface area contributed by atoms with Gasteiger partial charge in [-0.3, -0.25) is 0 Å². The Morgan fingerprint density at radius 1 is 0.979 bits per heavy atom. The van der Waals surface area contributed by atoms with Gasteiger partial charge in [0, 0.05) is 36.0 Å². The molecule has 1 atom stereocenters. The van der Waals surface area contributed by atoms with Crippen LogP contribution in [0.25, 0.3) is 16.8 Å². The molecule has 14 heteroatoms. The van der Waals surface area contributed by atoms with Crippen LogP contribution >= 0.6 is 24.8 Å². The maximum absolute atomic E-state index is 13.3. The van der Waals surface area contributed by atoms with Gasteiger partial charge in [-0.1, -0.05) is 51.1 Å². The molecule has 3 aromatic heterocycles. The molecule has 0 bridgehead atoms. The van der Waals surface area contributed by atoms with E-state index in [9.17, 15) is 18.3 Å². The zero-order valence-electron chi connectivity index (χ0n) is 27.3. The van der Waals surface area contributed by atoms with E-state index < -0.39 is 16.0 Å². The number of nitrogens with zero attached hydrogens (tertiary/aromatic N) is 4. The molecule has 0 fully saturated rings. The van der Waals surface area contributed by atoms with Crippen LogP contribution in [0.3, 0.4) is 0 Å². The van der Waals surface area contributed by atoms with Crippen molar-refractivity contribution < 1.29 is 23.1 Å². The van der Waals surface area contributed by atoms with Crippen LogP contribution in [0.5, 0.6) is 5.88 Å². The van der Waals surface area contributed by atoms with Crippen LogP contribution in [0.15, 0.2) is 84.0 Å². The van der Waals surface area contributed by atoms with E-state index in [4.69, 9.17) is 4.74 Å². The van der Waals surface area contributed by atoms with E-state index in [0.717, 1.165) is 40.3 Å². The molecule has 0 aliphatic heterocycles. The number of aromatic carboxylic acids is 1. The van der Waals surface area contributed by atoms with E-state index in [0.29, 0.717) is 12.2 Å². The van der Waals surface area contributed by atoms with E-state index >= 15 is 0 Å². The van der Waals surface area contributed by atoms with E-state index in [2.05, 4.69) is 45.9 Å². The molecule has 48 heavy (non-hydrogen) atoms. The number of carboxylic acid groups (broad SMARTS) is 1. The molecule has 0 aliphatic rings. The first-order chi connectivity index (χ1) is 21.8. The highest BCUT2D eigenvalue weighted by molar-refractivity contribution is 7.92. The van der Waals surface area contributed by atoms with Crippen molar-refractivity contribution in [2.45, 2.75) is 58.5 Å². The minimum atomic E-state index is -4.23. The molecule has 3 N–H and O–H groups in total. The number of sulfonamides is 1. The van der Waals surface area contributed by atoms with Gasteiger partial charge in [0.1, 0.15) is 6.61 Å². The average Bonchev–Trinajstić information content (AvgIpc) is 3.41. The first-order valence-electron chi connectivity index (χ1n) is 14.9. The number of pyridine rings is 1. The Labute approximate surface area is 293 Å². The molecule has 5 aromatic rings. The summed E-state index contributed by atoms with van der Waals surface area (Å²) in [6.07, 6.45) is 4.55. The molecule has 256 valence electrons. The summed E-state index contributed by atoms with van der Waals surface area (Å²) in [6.45, 7) is 11.2. The average molecular weight is 716 g/mol. The van der Waals surface area contributed by atoms with E-state index in [1.54, 1.807) is 6.07 Å². The summed E-state index contributed by atoms with van der Waals surface area (Å²) in [6, 6.07) is 18.5. The summed E-state index contributed by atoms with van der Waals surface area (Å²) >= 11 is 0. The number of rotatable bonds is 12. The van der Waals surface area contributed by atoms with Crippen LogP contribution in [0, 0.1) is 19.3 Å². The minimum absolute atomic E-state index is 0. The molecule has 5 rings (SSSR count). The SMILES string of the molecule is Cc1cccc(C)c1-c1cc(OC[C@@H](CC(C)(C)C)NCc2cnn3ccccc23)nc(NS(=O)(=O)c2cccc(C(=O)O)c2)n1.Cl.Cl. The third-order valence-electron chi connectivity index (χ3n) is 7.44. The van der Waals surface area contributed by atoms with Crippen molar-refractivity contribution in [2.75, 3.05) is 11.3 Å². The molecule has 11 nitrogen and oxygen atoms in total. The van der Waals surface area contributed by atoms with Crippen molar-refractivity contribution in [3.8, 4) is 17.1 Å². The largest absolute Gasteiger partial charge is 0.478 e. The molecule has 0 unspecified atom stereocenters. The van der Waals surface area contributed by atoms with E-state index in [1.165, 1.54) is 18.2 Å². The number of hydrogen-bond donors (Lipinski definition) is 3. The Morgan fingerprint density at radius 2 is 1.69 bits per heavy atom. The Bertz CT molecular complexity index is 1980. The number of hydrogen-bond acceptors (Lipinski definition) is 8. The van der Waals surface area contributed by atoms with Crippen LogP contribution in [-0.2, 0) is 16.6 Å². The fraction of sp³-hybridized carbons (Fsp3) is 0.294. The van der Waals surface area contributed by atoms with Crippen LogP contribution in [0.1, 0.15) is 54.2 Å². The highest BCUT2D eigenvalue weighted by atomic mass is 35.5. The number of fused-ring (bicyclic) bond motifs is 1. The topological polar surface area (TPSA) is 148 Å². The smallest absolute Gasteiger partial charge is 0.335 e. The first-order valence-corrected chi connectivity index (χ1v) is 16.4. The van der Waals surface area contributed by atoms with Crippen LogP contribution in [-0.4, -0.2) is 51.7 Å². The summed E-state index contributed by atoms with van der Waals surface area (Å²) in [4.78, 5) is 20.2. The van der Waals surface area contributed by atoms with Crippen molar-refractivity contribution in [3.05, 3.63) is 101 Å². The minimum Gasteiger partial charge on any atom is -0.478 e. The van der Waals surface area contributed by atoms with Gasteiger partial charge in [-0.15, -0.1) is 24.8 Å². The lowest BCUT2D eigenvalue weighted by molar-refractivity contribution is 0.0696. The van der Waals surface area contributed by atoms with Crippen molar-refractivity contribution >= 4 is 52.3 Å². The maximum atomic E-state index is 13.3.